The Balaban J connectivity index is 2.25. The van der Waals surface area contributed by atoms with Gasteiger partial charge >= 0.3 is 6.61 Å². The standard InChI is InChI=1S/C13H12F2IN3O/c1-2-17-12-10(16)7-18-11(19-12)8-3-5-9(6-4-8)20-13(14)15/h3-7,13H,2H2,1H3,(H,17,18,19). The van der Waals surface area contributed by atoms with E-state index < -0.39 is 6.61 Å². The van der Waals surface area contributed by atoms with Gasteiger partial charge in [0.05, 0.1) is 3.57 Å². The van der Waals surface area contributed by atoms with Crippen molar-refractivity contribution in [2.24, 2.45) is 0 Å². The van der Waals surface area contributed by atoms with Crippen LogP contribution in [0.2, 0.25) is 0 Å². The minimum Gasteiger partial charge on any atom is -0.435 e. The van der Waals surface area contributed by atoms with Crippen LogP contribution in [0, 0.1) is 3.57 Å². The molecule has 1 aromatic carbocycles. The maximum Gasteiger partial charge on any atom is 0.387 e. The van der Waals surface area contributed by atoms with Crippen LogP contribution in [-0.4, -0.2) is 23.1 Å². The molecule has 0 bridgehead atoms. The summed E-state index contributed by atoms with van der Waals surface area (Å²) in [5.74, 6) is 1.40. The number of nitrogens with one attached hydrogen (secondary N) is 1. The number of anilines is 1. The summed E-state index contributed by atoms with van der Waals surface area (Å²) in [7, 11) is 0. The molecule has 0 aliphatic carbocycles. The second-order valence-electron chi connectivity index (χ2n) is 3.82. The summed E-state index contributed by atoms with van der Waals surface area (Å²) in [6, 6.07) is 6.23. The zero-order valence-corrected chi connectivity index (χ0v) is 12.8. The summed E-state index contributed by atoms with van der Waals surface area (Å²) in [6.45, 7) is -0.0853. The molecule has 0 fully saturated rings. The number of nitrogens with zero attached hydrogens (tertiary/aromatic N) is 2. The highest BCUT2D eigenvalue weighted by Crippen LogP contribution is 2.23. The third-order valence-corrected chi connectivity index (χ3v) is 3.22. The molecule has 106 valence electrons. The molecule has 4 nitrogen and oxygen atoms in total. The van der Waals surface area contributed by atoms with Crippen LogP contribution in [0.1, 0.15) is 6.92 Å². The predicted molar refractivity (Wildman–Crippen MR) is 81.0 cm³/mol. The average molecular weight is 391 g/mol. The highest BCUT2D eigenvalue weighted by Gasteiger charge is 2.08. The molecule has 1 aromatic heterocycles. The first-order chi connectivity index (χ1) is 9.60. The molecule has 1 N–H and O–H groups in total. The molecule has 0 aliphatic heterocycles. The van der Waals surface area contributed by atoms with Gasteiger partial charge < -0.3 is 10.1 Å². The first-order valence-corrected chi connectivity index (χ1v) is 6.99. The van der Waals surface area contributed by atoms with Gasteiger partial charge in [-0.2, -0.15) is 8.78 Å². The maximum absolute atomic E-state index is 12.1. The number of hydrogen-bond donors (Lipinski definition) is 1. The van der Waals surface area contributed by atoms with Gasteiger partial charge in [-0.1, -0.05) is 0 Å². The van der Waals surface area contributed by atoms with E-state index in [1.54, 1.807) is 18.3 Å². The quantitative estimate of drug-likeness (QED) is 0.789. The van der Waals surface area contributed by atoms with Crippen molar-refractivity contribution < 1.29 is 13.5 Å². The Labute approximate surface area is 128 Å². The summed E-state index contributed by atoms with van der Waals surface area (Å²) < 4.78 is 29.4. The van der Waals surface area contributed by atoms with Crippen molar-refractivity contribution in [3.05, 3.63) is 34.0 Å². The van der Waals surface area contributed by atoms with E-state index in [0.717, 1.165) is 21.5 Å². The first-order valence-electron chi connectivity index (χ1n) is 5.91. The molecule has 0 atom stereocenters. The molecule has 20 heavy (non-hydrogen) atoms. The lowest BCUT2D eigenvalue weighted by Gasteiger charge is -2.08. The van der Waals surface area contributed by atoms with Crippen molar-refractivity contribution in [3.63, 3.8) is 0 Å². The highest BCUT2D eigenvalue weighted by molar-refractivity contribution is 14.1. The largest absolute Gasteiger partial charge is 0.435 e. The monoisotopic (exact) mass is 391 g/mol. The van der Waals surface area contributed by atoms with Crippen LogP contribution < -0.4 is 10.1 Å². The van der Waals surface area contributed by atoms with E-state index in [0.29, 0.717) is 5.82 Å². The zero-order valence-electron chi connectivity index (χ0n) is 10.6. The molecule has 0 radical (unpaired) electrons. The molecule has 1 heterocycles. The van der Waals surface area contributed by atoms with Crippen LogP contribution in [0.3, 0.4) is 0 Å². The van der Waals surface area contributed by atoms with Crippen molar-refractivity contribution in [2.45, 2.75) is 13.5 Å². The van der Waals surface area contributed by atoms with Crippen molar-refractivity contribution in [1.29, 1.82) is 0 Å². The molecule has 0 aliphatic rings. The molecule has 2 rings (SSSR count). The SMILES string of the molecule is CCNc1nc(-c2ccc(OC(F)F)cc2)ncc1I. The molecule has 2 aromatic rings. The molecular weight excluding hydrogens is 379 g/mol. The van der Waals surface area contributed by atoms with Gasteiger partial charge in [0.2, 0.25) is 0 Å². The van der Waals surface area contributed by atoms with Crippen LogP contribution in [0.4, 0.5) is 14.6 Å². The van der Waals surface area contributed by atoms with Gasteiger partial charge in [0, 0.05) is 18.3 Å². The molecule has 0 unspecified atom stereocenters. The molecule has 7 heteroatoms. The van der Waals surface area contributed by atoms with Gasteiger partial charge in [-0.3, -0.25) is 0 Å². The third kappa shape index (κ3) is 3.75. The molecule has 0 saturated carbocycles. The minimum atomic E-state index is -2.82. The Morgan fingerprint density at radius 1 is 1.30 bits per heavy atom. The van der Waals surface area contributed by atoms with Gasteiger partial charge in [-0.25, -0.2) is 9.97 Å². The van der Waals surface area contributed by atoms with E-state index in [2.05, 4.69) is 42.6 Å². The molecule has 0 spiro atoms. The molecule has 0 amide bonds. The van der Waals surface area contributed by atoms with Crippen molar-refractivity contribution in [2.75, 3.05) is 11.9 Å². The number of hydrogen-bond acceptors (Lipinski definition) is 4. The molecule has 0 saturated heterocycles. The van der Waals surface area contributed by atoms with E-state index in [9.17, 15) is 8.78 Å². The van der Waals surface area contributed by atoms with Crippen molar-refractivity contribution >= 4 is 28.4 Å². The number of rotatable bonds is 5. The second kappa shape index (κ2) is 6.78. The third-order valence-electron chi connectivity index (χ3n) is 2.43. The number of halogens is 3. The van der Waals surface area contributed by atoms with Crippen molar-refractivity contribution in [3.8, 4) is 17.1 Å². The van der Waals surface area contributed by atoms with Gasteiger partial charge in [-0.05, 0) is 53.8 Å². The Bertz CT molecular complexity index is 578. The van der Waals surface area contributed by atoms with Crippen LogP contribution in [-0.2, 0) is 0 Å². The Morgan fingerprint density at radius 3 is 2.60 bits per heavy atom. The van der Waals surface area contributed by atoms with Gasteiger partial charge in [-0.15, -0.1) is 0 Å². The van der Waals surface area contributed by atoms with Crippen LogP contribution in [0.5, 0.6) is 5.75 Å². The number of alkyl halides is 2. The summed E-state index contributed by atoms with van der Waals surface area (Å²) in [5, 5.41) is 3.14. The van der Waals surface area contributed by atoms with Gasteiger partial charge in [0.15, 0.2) is 5.82 Å². The van der Waals surface area contributed by atoms with Crippen LogP contribution >= 0.6 is 22.6 Å². The maximum atomic E-state index is 12.1. The lowest BCUT2D eigenvalue weighted by atomic mass is 10.2. The van der Waals surface area contributed by atoms with E-state index >= 15 is 0 Å². The summed E-state index contributed by atoms with van der Waals surface area (Å²) in [4.78, 5) is 8.64. The zero-order chi connectivity index (χ0) is 14.5. The highest BCUT2D eigenvalue weighted by atomic mass is 127. The average Bonchev–Trinajstić information content (AvgIpc) is 2.42. The Morgan fingerprint density at radius 2 is 2.00 bits per heavy atom. The second-order valence-corrected chi connectivity index (χ2v) is 4.99. The van der Waals surface area contributed by atoms with Crippen LogP contribution in [0.25, 0.3) is 11.4 Å². The summed E-state index contributed by atoms with van der Waals surface area (Å²) in [5.41, 5.74) is 0.738. The Hall–Kier alpha value is -1.51. The Kier molecular flexibility index (Phi) is 5.05. The van der Waals surface area contributed by atoms with Crippen molar-refractivity contribution in [1.82, 2.24) is 9.97 Å². The van der Waals surface area contributed by atoms with E-state index in [4.69, 9.17) is 0 Å². The van der Waals surface area contributed by atoms with Gasteiger partial charge in [0.1, 0.15) is 11.6 Å². The van der Waals surface area contributed by atoms with E-state index in [1.807, 2.05) is 6.92 Å². The van der Waals surface area contributed by atoms with Gasteiger partial charge in [0.25, 0.3) is 0 Å². The normalized spacial score (nSPS) is 10.7. The number of ether oxygens (including phenoxy) is 1. The summed E-state index contributed by atoms with van der Waals surface area (Å²) >= 11 is 2.15. The number of benzene rings is 1. The fourth-order valence-electron chi connectivity index (χ4n) is 1.58. The predicted octanol–water partition coefficient (Wildman–Crippen LogP) is 3.78. The topological polar surface area (TPSA) is 47.0 Å². The summed E-state index contributed by atoms with van der Waals surface area (Å²) in [6.07, 6.45) is 1.71. The molecular formula is C13H12F2IN3O. The lowest BCUT2D eigenvalue weighted by molar-refractivity contribution is -0.0498. The fourth-order valence-corrected chi connectivity index (χ4v) is 2.03. The number of aromatic nitrogens is 2. The van der Waals surface area contributed by atoms with E-state index in [-0.39, 0.29) is 5.75 Å². The first kappa shape index (κ1) is 14.9. The van der Waals surface area contributed by atoms with E-state index in [1.165, 1.54) is 12.1 Å². The van der Waals surface area contributed by atoms with Crippen LogP contribution in [0.15, 0.2) is 30.5 Å². The minimum absolute atomic E-state index is 0.112. The fraction of sp³-hybridized carbons (Fsp3) is 0.231. The smallest absolute Gasteiger partial charge is 0.387 e. The lowest BCUT2D eigenvalue weighted by Crippen LogP contribution is -2.04.